The molecule has 2 aromatic rings. The number of nitrogens with one attached hydrogen (secondary N) is 1. The van der Waals surface area contributed by atoms with Gasteiger partial charge >= 0.3 is 6.03 Å². The van der Waals surface area contributed by atoms with E-state index in [1.807, 2.05) is 13.8 Å². The summed E-state index contributed by atoms with van der Waals surface area (Å²) in [7, 11) is 1.40. The molecule has 26 heavy (non-hydrogen) atoms. The Morgan fingerprint density at radius 1 is 1.46 bits per heavy atom. The summed E-state index contributed by atoms with van der Waals surface area (Å²) in [6.45, 7) is 4.30. The molecule has 9 nitrogen and oxygen atoms in total. The Morgan fingerprint density at radius 2 is 2.23 bits per heavy atom. The molecule has 138 valence electrons. The number of nitro groups is 1. The van der Waals surface area contributed by atoms with Crippen LogP contribution in [0, 0.1) is 24.0 Å². The quantitative estimate of drug-likeness (QED) is 0.659. The Kier molecular flexibility index (Phi) is 4.79. The maximum atomic E-state index is 12.8. The van der Waals surface area contributed by atoms with E-state index in [0.29, 0.717) is 18.0 Å². The van der Waals surface area contributed by atoms with Gasteiger partial charge in [-0.25, -0.2) is 4.79 Å². The summed E-state index contributed by atoms with van der Waals surface area (Å²) in [6.07, 6.45) is 1.70. The lowest BCUT2D eigenvalue weighted by Crippen LogP contribution is -2.34. The Labute approximate surface area is 150 Å². The Bertz CT molecular complexity index is 828. The number of rotatable bonds is 4. The summed E-state index contributed by atoms with van der Waals surface area (Å²) in [5.74, 6) is 0.945. The first-order valence-corrected chi connectivity index (χ1v) is 8.25. The van der Waals surface area contributed by atoms with Crippen LogP contribution in [0.5, 0.6) is 5.75 Å². The Hall–Kier alpha value is -3.10. The van der Waals surface area contributed by atoms with Gasteiger partial charge in [-0.1, -0.05) is 5.16 Å². The van der Waals surface area contributed by atoms with Crippen LogP contribution in [0.15, 0.2) is 22.7 Å². The number of anilines is 1. The van der Waals surface area contributed by atoms with Crippen molar-refractivity contribution in [1.82, 2.24) is 10.1 Å². The number of carbonyl (C=O) groups excluding carboxylic acids is 1. The highest BCUT2D eigenvalue weighted by atomic mass is 16.6. The van der Waals surface area contributed by atoms with Crippen LogP contribution in [-0.4, -0.2) is 34.7 Å². The standard InChI is InChI=1S/C17H20N4O5/c1-10-16(11(2)26-19-10)14-5-4-8-20(14)17(22)18-13-7-6-12(21(23)24)9-15(13)25-3/h6-7,9,14H,4-5,8H2,1-3H3,(H,18,22)/t14-/m1/s1. The van der Waals surface area contributed by atoms with E-state index in [2.05, 4.69) is 10.5 Å². The number of nitro benzene ring substituents is 1. The smallest absolute Gasteiger partial charge is 0.322 e. The minimum Gasteiger partial charge on any atom is -0.494 e. The largest absolute Gasteiger partial charge is 0.494 e. The molecule has 1 fully saturated rings. The van der Waals surface area contributed by atoms with Gasteiger partial charge in [0.05, 0.1) is 35.5 Å². The first-order valence-electron chi connectivity index (χ1n) is 8.25. The Morgan fingerprint density at radius 3 is 2.85 bits per heavy atom. The fourth-order valence-electron chi connectivity index (χ4n) is 3.36. The minimum atomic E-state index is -0.512. The van der Waals surface area contributed by atoms with Crippen molar-refractivity contribution in [3.8, 4) is 5.75 Å². The summed E-state index contributed by atoms with van der Waals surface area (Å²) < 4.78 is 10.4. The normalized spacial score (nSPS) is 16.6. The SMILES string of the molecule is COc1cc([N+](=O)[O-])ccc1NC(=O)N1CCC[C@@H]1c1c(C)noc1C. The van der Waals surface area contributed by atoms with Crippen molar-refractivity contribution in [2.24, 2.45) is 0 Å². The molecule has 0 bridgehead atoms. The number of carbonyl (C=O) groups is 1. The summed E-state index contributed by atoms with van der Waals surface area (Å²) in [5.41, 5.74) is 2.00. The third kappa shape index (κ3) is 3.19. The van der Waals surface area contributed by atoms with E-state index < -0.39 is 4.92 Å². The molecular formula is C17H20N4O5. The maximum absolute atomic E-state index is 12.8. The molecule has 0 spiro atoms. The molecular weight excluding hydrogens is 340 g/mol. The number of hydrogen-bond donors (Lipinski definition) is 1. The average Bonchev–Trinajstić information content (AvgIpc) is 3.21. The predicted molar refractivity (Wildman–Crippen MR) is 93.3 cm³/mol. The van der Waals surface area contributed by atoms with Crippen molar-refractivity contribution in [1.29, 1.82) is 0 Å². The summed E-state index contributed by atoms with van der Waals surface area (Å²) >= 11 is 0. The van der Waals surface area contributed by atoms with E-state index >= 15 is 0 Å². The van der Waals surface area contributed by atoms with Crippen LogP contribution in [-0.2, 0) is 0 Å². The molecule has 1 N–H and O–H groups in total. The molecule has 3 rings (SSSR count). The van der Waals surface area contributed by atoms with Gasteiger partial charge in [-0.15, -0.1) is 0 Å². The van der Waals surface area contributed by atoms with Gasteiger partial charge in [0.1, 0.15) is 11.5 Å². The van der Waals surface area contributed by atoms with Crippen LogP contribution < -0.4 is 10.1 Å². The predicted octanol–water partition coefficient (Wildman–Crippen LogP) is 3.58. The van der Waals surface area contributed by atoms with Crippen molar-refractivity contribution in [3.05, 3.63) is 45.3 Å². The number of amides is 2. The summed E-state index contributed by atoms with van der Waals surface area (Å²) in [5, 5.41) is 17.7. The van der Waals surface area contributed by atoms with Gasteiger partial charge in [0.15, 0.2) is 0 Å². The zero-order valence-electron chi connectivity index (χ0n) is 14.8. The number of methoxy groups -OCH3 is 1. The number of ether oxygens (including phenoxy) is 1. The van der Waals surface area contributed by atoms with Crippen LogP contribution >= 0.6 is 0 Å². The molecule has 0 radical (unpaired) electrons. The highest BCUT2D eigenvalue weighted by Crippen LogP contribution is 2.36. The molecule has 1 aromatic heterocycles. The fraction of sp³-hybridized carbons (Fsp3) is 0.412. The first kappa shape index (κ1) is 17.7. The zero-order valence-corrected chi connectivity index (χ0v) is 14.8. The van der Waals surface area contributed by atoms with E-state index in [1.54, 1.807) is 4.90 Å². The van der Waals surface area contributed by atoms with E-state index in [9.17, 15) is 14.9 Å². The van der Waals surface area contributed by atoms with Gasteiger partial charge in [0, 0.05) is 18.2 Å². The van der Waals surface area contributed by atoms with Crippen molar-refractivity contribution >= 4 is 17.4 Å². The van der Waals surface area contributed by atoms with E-state index in [4.69, 9.17) is 9.26 Å². The third-order valence-electron chi connectivity index (χ3n) is 4.57. The van der Waals surface area contributed by atoms with Crippen molar-refractivity contribution < 1.29 is 19.0 Å². The first-order chi connectivity index (χ1) is 12.4. The van der Waals surface area contributed by atoms with Gasteiger partial charge < -0.3 is 19.5 Å². The van der Waals surface area contributed by atoms with Crippen molar-refractivity contribution in [2.75, 3.05) is 19.0 Å². The van der Waals surface area contributed by atoms with Crippen molar-refractivity contribution in [2.45, 2.75) is 32.7 Å². The molecule has 0 aliphatic carbocycles. The fourth-order valence-corrected chi connectivity index (χ4v) is 3.36. The molecule has 1 aliphatic heterocycles. The van der Waals surface area contributed by atoms with Crippen molar-refractivity contribution in [3.63, 3.8) is 0 Å². The van der Waals surface area contributed by atoms with E-state index in [1.165, 1.54) is 25.3 Å². The second-order valence-electron chi connectivity index (χ2n) is 6.16. The average molecular weight is 360 g/mol. The second-order valence-corrected chi connectivity index (χ2v) is 6.16. The van der Waals surface area contributed by atoms with Gasteiger partial charge in [0.2, 0.25) is 0 Å². The lowest BCUT2D eigenvalue weighted by Gasteiger charge is -2.25. The van der Waals surface area contributed by atoms with Crippen LogP contribution in [0.25, 0.3) is 0 Å². The molecule has 0 saturated carbocycles. The van der Waals surface area contributed by atoms with Gasteiger partial charge in [-0.2, -0.15) is 0 Å². The molecule has 2 heterocycles. The van der Waals surface area contributed by atoms with E-state index in [-0.39, 0.29) is 23.5 Å². The third-order valence-corrected chi connectivity index (χ3v) is 4.57. The number of aryl methyl sites for hydroxylation is 2. The number of nitrogens with zero attached hydrogens (tertiary/aromatic N) is 3. The van der Waals surface area contributed by atoms with Crippen LogP contribution in [0.2, 0.25) is 0 Å². The Balaban J connectivity index is 1.82. The lowest BCUT2D eigenvalue weighted by atomic mass is 10.0. The lowest BCUT2D eigenvalue weighted by molar-refractivity contribution is -0.384. The second kappa shape index (κ2) is 7.03. The van der Waals surface area contributed by atoms with E-state index in [0.717, 1.165) is 24.1 Å². The molecule has 1 aromatic carbocycles. The minimum absolute atomic E-state index is 0.102. The molecule has 1 aliphatic rings. The van der Waals surface area contributed by atoms with Crippen LogP contribution in [0.3, 0.4) is 0 Å². The highest BCUT2D eigenvalue weighted by molar-refractivity contribution is 5.91. The molecule has 1 atom stereocenters. The molecule has 1 saturated heterocycles. The molecule has 0 unspecified atom stereocenters. The van der Waals surface area contributed by atoms with Crippen LogP contribution in [0.4, 0.5) is 16.2 Å². The number of hydrogen-bond acceptors (Lipinski definition) is 6. The highest BCUT2D eigenvalue weighted by Gasteiger charge is 2.34. The van der Waals surface area contributed by atoms with Gasteiger partial charge in [-0.05, 0) is 32.8 Å². The maximum Gasteiger partial charge on any atom is 0.322 e. The summed E-state index contributed by atoms with van der Waals surface area (Å²) in [4.78, 5) is 24.9. The summed E-state index contributed by atoms with van der Waals surface area (Å²) in [6, 6.07) is 3.68. The van der Waals surface area contributed by atoms with Crippen LogP contribution in [0.1, 0.15) is 35.9 Å². The number of benzene rings is 1. The van der Waals surface area contributed by atoms with Gasteiger partial charge in [0.25, 0.3) is 5.69 Å². The molecule has 9 heteroatoms. The topological polar surface area (TPSA) is 111 Å². The number of likely N-dealkylation sites (tertiary alicyclic amines) is 1. The number of aromatic nitrogens is 1. The number of non-ortho nitro benzene ring substituents is 1. The monoisotopic (exact) mass is 360 g/mol. The zero-order chi connectivity index (χ0) is 18.8. The van der Waals surface area contributed by atoms with Gasteiger partial charge in [-0.3, -0.25) is 10.1 Å². The number of urea groups is 1. The molecule has 2 amide bonds.